The number of rotatable bonds is 5. The van der Waals surface area contributed by atoms with Crippen LogP contribution < -0.4 is 4.46 Å². The molecule has 24 heavy (non-hydrogen) atoms. The Morgan fingerprint density at radius 1 is 0.958 bits per heavy atom. The molecule has 0 bridgehead atoms. The zero-order chi connectivity index (χ0) is 16.6. The molecule has 2 atom stereocenters. The predicted molar refractivity (Wildman–Crippen MR) is 99.4 cm³/mol. The Kier molecular flexibility index (Phi) is 6.28. The molecular weight excluding hydrogens is 363 g/mol. The summed E-state index contributed by atoms with van der Waals surface area (Å²) >= 11 is 0.357. The third-order valence-electron chi connectivity index (χ3n) is 4.15. The Balaban J connectivity index is 1.59. The molecule has 1 aliphatic rings. The van der Waals surface area contributed by atoms with Crippen LogP contribution in [0.2, 0.25) is 4.82 Å². The van der Waals surface area contributed by atoms with Gasteiger partial charge in [-0.1, -0.05) is 0 Å². The van der Waals surface area contributed by atoms with E-state index < -0.39 is 0 Å². The standard InChI is InChI=1S/C21H22O2Se/c22-21(16-15-17-9-3-1-4-10-17)23-19-13-7-8-14-20(19)24-18-11-5-2-6-12-18/h1-6,9-12,15-16,19-20H,7-8,13-14H2. The first-order valence-electron chi connectivity index (χ1n) is 8.47. The van der Waals surface area contributed by atoms with Gasteiger partial charge in [-0.2, -0.15) is 0 Å². The van der Waals surface area contributed by atoms with Crippen LogP contribution in [-0.4, -0.2) is 27.0 Å². The van der Waals surface area contributed by atoms with Crippen LogP contribution in [0.3, 0.4) is 0 Å². The van der Waals surface area contributed by atoms with Gasteiger partial charge in [0.1, 0.15) is 0 Å². The first kappa shape index (κ1) is 17.0. The van der Waals surface area contributed by atoms with E-state index in [4.69, 9.17) is 4.74 Å². The fourth-order valence-corrected chi connectivity index (χ4v) is 5.63. The molecule has 1 saturated carbocycles. The van der Waals surface area contributed by atoms with Crippen LogP contribution in [0.1, 0.15) is 31.2 Å². The first-order valence-corrected chi connectivity index (χ1v) is 10.3. The number of carbonyl (C=O) groups excluding carboxylic acids is 1. The molecule has 1 fully saturated rings. The second-order valence-electron chi connectivity index (χ2n) is 5.97. The Hall–Kier alpha value is -1.83. The second-order valence-corrected chi connectivity index (χ2v) is 8.73. The molecule has 3 rings (SSSR count). The molecule has 0 saturated heterocycles. The average Bonchev–Trinajstić information content (AvgIpc) is 2.63. The Bertz CT molecular complexity index is 667. The van der Waals surface area contributed by atoms with Crippen molar-refractivity contribution in [1.29, 1.82) is 0 Å². The van der Waals surface area contributed by atoms with Gasteiger partial charge in [0.2, 0.25) is 0 Å². The van der Waals surface area contributed by atoms with Gasteiger partial charge in [-0.05, 0) is 0 Å². The predicted octanol–water partition coefficient (Wildman–Crippen LogP) is 4.00. The van der Waals surface area contributed by atoms with E-state index in [1.807, 2.05) is 42.5 Å². The maximum atomic E-state index is 12.2. The average molecular weight is 385 g/mol. The third-order valence-corrected chi connectivity index (χ3v) is 7.06. The van der Waals surface area contributed by atoms with E-state index in [0.717, 1.165) is 24.8 Å². The molecule has 2 unspecified atom stereocenters. The van der Waals surface area contributed by atoms with Crippen molar-refractivity contribution in [3.63, 3.8) is 0 Å². The van der Waals surface area contributed by atoms with E-state index in [9.17, 15) is 4.79 Å². The van der Waals surface area contributed by atoms with E-state index in [0.29, 0.717) is 19.8 Å². The van der Waals surface area contributed by atoms with Gasteiger partial charge in [0.05, 0.1) is 0 Å². The van der Waals surface area contributed by atoms with E-state index in [1.54, 1.807) is 6.08 Å². The van der Waals surface area contributed by atoms with Crippen molar-refractivity contribution in [2.75, 3.05) is 0 Å². The van der Waals surface area contributed by atoms with Crippen LogP contribution in [0.15, 0.2) is 66.7 Å². The number of hydrogen-bond acceptors (Lipinski definition) is 2. The molecule has 0 aromatic heterocycles. The molecule has 1 aliphatic carbocycles. The van der Waals surface area contributed by atoms with Gasteiger partial charge in [-0.25, -0.2) is 0 Å². The van der Waals surface area contributed by atoms with E-state index in [1.165, 1.54) is 10.9 Å². The van der Waals surface area contributed by atoms with Crippen LogP contribution in [0.4, 0.5) is 0 Å². The molecule has 0 N–H and O–H groups in total. The van der Waals surface area contributed by atoms with Crippen molar-refractivity contribution in [3.05, 3.63) is 72.3 Å². The Labute approximate surface area is 150 Å². The second kappa shape index (κ2) is 8.86. The van der Waals surface area contributed by atoms with Gasteiger partial charge >= 0.3 is 150 Å². The minimum absolute atomic E-state index is 0.0619. The van der Waals surface area contributed by atoms with Gasteiger partial charge in [0.25, 0.3) is 0 Å². The number of benzene rings is 2. The molecule has 0 radical (unpaired) electrons. The van der Waals surface area contributed by atoms with Gasteiger partial charge < -0.3 is 0 Å². The fraction of sp³-hybridized carbons (Fsp3) is 0.286. The summed E-state index contributed by atoms with van der Waals surface area (Å²) in [4.78, 5) is 12.7. The van der Waals surface area contributed by atoms with Crippen LogP contribution >= 0.6 is 0 Å². The van der Waals surface area contributed by atoms with Crippen molar-refractivity contribution >= 4 is 31.5 Å². The molecule has 0 heterocycles. The van der Waals surface area contributed by atoms with Crippen LogP contribution in [0, 0.1) is 0 Å². The quantitative estimate of drug-likeness (QED) is 0.442. The molecule has 3 heteroatoms. The van der Waals surface area contributed by atoms with Crippen molar-refractivity contribution in [1.82, 2.24) is 0 Å². The van der Waals surface area contributed by atoms with E-state index in [2.05, 4.69) is 24.3 Å². The van der Waals surface area contributed by atoms with Gasteiger partial charge in [-0.3, -0.25) is 0 Å². The molecule has 0 aliphatic heterocycles. The maximum absolute atomic E-state index is 12.2. The summed E-state index contributed by atoms with van der Waals surface area (Å²) in [6.45, 7) is 0. The van der Waals surface area contributed by atoms with E-state index >= 15 is 0 Å². The minimum atomic E-state index is -0.223. The summed E-state index contributed by atoms with van der Waals surface area (Å²) in [6.07, 6.45) is 7.99. The van der Waals surface area contributed by atoms with Crippen molar-refractivity contribution < 1.29 is 9.53 Å². The van der Waals surface area contributed by atoms with Gasteiger partial charge in [0, 0.05) is 0 Å². The fourth-order valence-electron chi connectivity index (χ4n) is 2.92. The topological polar surface area (TPSA) is 26.3 Å². The number of hydrogen-bond donors (Lipinski definition) is 0. The van der Waals surface area contributed by atoms with E-state index in [-0.39, 0.29) is 12.1 Å². The SMILES string of the molecule is O=C(C=Cc1ccccc1)OC1CCCCC1[Se]c1ccccc1. The molecule has 2 nitrogen and oxygen atoms in total. The molecule has 2 aromatic carbocycles. The van der Waals surface area contributed by atoms with Crippen molar-refractivity contribution in [2.24, 2.45) is 0 Å². The Morgan fingerprint density at radius 2 is 1.62 bits per heavy atom. The molecule has 0 amide bonds. The summed E-state index contributed by atoms with van der Waals surface area (Å²) in [6, 6.07) is 20.4. The third kappa shape index (κ3) is 5.09. The monoisotopic (exact) mass is 386 g/mol. The molecule has 2 aromatic rings. The normalized spacial score (nSPS) is 20.8. The zero-order valence-corrected chi connectivity index (χ0v) is 15.3. The summed E-state index contributed by atoms with van der Waals surface area (Å²) in [7, 11) is 0. The number of esters is 1. The molecule has 124 valence electrons. The first-order chi connectivity index (χ1) is 11.8. The van der Waals surface area contributed by atoms with Gasteiger partial charge in [-0.15, -0.1) is 0 Å². The van der Waals surface area contributed by atoms with Crippen molar-refractivity contribution in [3.8, 4) is 0 Å². The van der Waals surface area contributed by atoms with Crippen LogP contribution in [0.5, 0.6) is 0 Å². The van der Waals surface area contributed by atoms with Crippen LogP contribution in [0.25, 0.3) is 6.08 Å². The molecular formula is C21H22O2Se. The Morgan fingerprint density at radius 3 is 2.38 bits per heavy atom. The number of ether oxygens (including phenoxy) is 1. The summed E-state index contributed by atoms with van der Waals surface area (Å²) in [5.74, 6) is -0.223. The summed E-state index contributed by atoms with van der Waals surface area (Å²) in [5.41, 5.74) is 1.02. The zero-order valence-electron chi connectivity index (χ0n) is 13.6. The number of carbonyl (C=O) groups is 1. The van der Waals surface area contributed by atoms with Gasteiger partial charge in [0.15, 0.2) is 0 Å². The molecule has 0 spiro atoms. The van der Waals surface area contributed by atoms with Crippen molar-refractivity contribution in [2.45, 2.75) is 36.6 Å². The van der Waals surface area contributed by atoms with Crippen LogP contribution in [-0.2, 0) is 9.53 Å². The summed E-state index contributed by atoms with van der Waals surface area (Å²) in [5, 5.41) is 0. The summed E-state index contributed by atoms with van der Waals surface area (Å²) < 4.78 is 7.17.